The monoisotopic (exact) mass is 231 g/mol. The highest BCUT2D eigenvalue weighted by atomic mass is 35.5. The summed E-state index contributed by atoms with van der Waals surface area (Å²) in [7, 11) is 0. The molecule has 0 fully saturated rings. The summed E-state index contributed by atoms with van der Waals surface area (Å²) in [6.07, 6.45) is 0.233. The highest BCUT2D eigenvalue weighted by molar-refractivity contribution is 6.42. The van der Waals surface area contributed by atoms with Crippen LogP contribution in [0.2, 0.25) is 10.0 Å². The average Bonchev–Trinajstić information content (AvgIpc) is 2.12. The van der Waals surface area contributed by atoms with Crippen LogP contribution >= 0.6 is 23.2 Å². The van der Waals surface area contributed by atoms with Crippen molar-refractivity contribution in [1.82, 2.24) is 0 Å². The third-order valence-electron chi connectivity index (χ3n) is 1.90. The summed E-state index contributed by atoms with van der Waals surface area (Å²) in [5.74, 6) is -0.0471. The van der Waals surface area contributed by atoms with E-state index in [4.69, 9.17) is 28.9 Å². The minimum Gasteiger partial charge on any atom is -0.322 e. The van der Waals surface area contributed by atoms with E-state index in [-0.39, 0.29) is 12.2 Å². The molecule has 4 heteroatoms. The number of rotatable bonds is 3. The fraction of sp³-hybridized carbons (Fsp3) is 0.300. The van der Waals surface area contributed by atoms with E-state index in [1.807, 2.05) is 0 Å². The van der Waals surface area contributed by atoms with Crippen LogP contribution in [0, 0.1) is 0 Å². The first kappa shape index (κ1) is 11.5. The summed E-state index contributed by atoms with van der Waals surface area (Å²) in [6.45, 7) is 1.65. The van der Waals surface area contributed by atoms with Crippen molar-refractivity contribution in [2.45, 2.75) is 19.4 Å². The van der Waals surface area contributed by atoms with Crippen molar-refractivity contribution in [3.63, 3.8) is 0 Å². The van der Waals surface area contributed by atoms with Gasteiger partial charge in [-0.05, 0) is 18.6 Å². The van der Waals surface area contributed by atoms with Crippen molar-refractivity contribution >= 4 is 29.0 Å². The van der Waals surface area contributed by atoms with E-state index in [1.165, 1.54) is 0 Å². The molecule has 0 saturated carbocycles. The number of hydrogen-bond donors (Lipinski definition) is 1. The fourth-order valence-corrected chi connectivity index (χ4v) is 1.42. The van der Waals surface area contributed by atoms with E-state index in [9.17, 15) is 4.79 Å². The van der Waals surface area contributed by atoms with Gasteiger partial charge in [0.05, 0.1) is 16.1 Å². The lowest BCUT2D eigenvalue weighted by atomic mass is 10.1. The van der Waals surface area contributed by atoms with Crippen LogP contribution in [0.1, 0.15) is 12.5 Å². The van der Waals surface area contributed by atoms with Crippen LogP contribution in [0.3, 0.4) is 0 Å². The molecule has 1 atom stereocenters. The topological polar surface area (TPSA) is 43.1 Å². The molecule has 0 saturated heterocycles. The molecule has 1 aromatic carbocycles. The zero-order valence-electron chi connectivity index (χ0n) is 7.76. The summed E-state index contributed by atoms with van der Waals surface area (Å²) >= 11 is 11.7. The van der Waals surface area contributed by atoms with Gasteiger partial charge in [-0.15, -0.1) is 0 Å². The summed E-state index contributed by atoms with van der Waals surface area (Å²) in [4.78, 5) is 11.3. The molecule has 0 aliphatic carbocycles. The zero-order valence-corrected chi connectivity index (χ0v) is 9.27. The second-order valence-corrected chi connectivity index (χ2v) is 3.93. The Labute approximate surface area is 93.0 Å². The number of halogens is 2. The Bertz CT molecular complexity index is 350. The predicted octanol–water partition coefficient (Wildman–Crippen LogP) is 2.45. The minimum absolute atomic E-state index is 0.0471. The van der Waals surface area contributed by atoms with Gasteiger partial charge >= 0.3 is 0 Å². The molecule has 0 heterocycles. The van der Waals surface area contributed by atoms with Gasteiger partial charge in [0.15, 0.2) is 5.78 Å². The lowest BCUT2D eigenvalue weighted by Gasteiger charge is -2.06. The molecule has 0 aliphatic heterocycles. The van der Waals surface area contributed by atoms with Crippen LogP contribution in [0.5, 0.6) is 0 Å². The first-order chi connectivity index (χ1) is 6.52. The van der Waals surface area contributed by atoms with Gasteiger partial charge in [0.25, 0.3) is 0 Å². The Morgan fingerprint density at radius 2 is 2.14 bits per heavy atom. The molecular weight excluding hydrogens is 221 g/mol. The highest BCUT2D eigenvalue weighted by Crippen LogP contribution is 2.25. The third kappa shape index (κ3) is 2.71. The number of ketones is 1. The van der Waals surface area contributed by atoms with Crippen molar-refractivity contribution in [1.29, 1.82) is 0 Å². The van der Waals surface area contributed by atoms with Gasteiger partial charge in [-0.2, -0.15) is 0 Å². The Balaban J connectivity index is 2.87. The Morgan fingerprint density at radius 3 is 2.71 bits per heavy atom. The molecule has 0 aromatic heterocycles. The van der Waals surface area contributed by atoms with E-state index >= 15 is 0 Å². The number of Topliss-reactive ketones (excluding diaryl/α,β-unsaturated/α-hetero) is 1. The molecular formula is C10H11Cl2NO. The fourth-order valence-electron chi connectivity index (χ4n) is 1.03. The third-order valence-corrected chi connectivity index (χ3v) is 2.76. The quantitative estimate of drug-likeness (QED) is 0.869. The average molecular weight is 232 g/mol. The molecule has 14 heavy (non-hydrogen) atoms. The van der Waals surface area contributed by atoms with Crippen LogP contribution < -0.4 is 5.73 Å². The molecule has 1 rings (SSSR count). The van der Waals surface area contributed by atoms with Gasteiger partial charge in [0.1, 0.15) is 0 Å². The molecule has 2 nitrogen and oxygen atoms in total. The smallest absolute Gasteiger partial charge is 0.153 e. The number of carbonyl (C=O) groups excluding carboxylic acids is 1. The lowest BCUT2D eigenvalue weighted by Crippen LogP contribution is -2.28. The molecule has 2 N–H and O–H groups in total. The molecule has 1 aromatic rings. The summed E-state index contributed by atoms with van der Waals surface area (Å²) in [6, 6.07) is 4.75. The number of hydrogen-bond acceptors (Lipinski definition) is 2. The molecule has 0 bridgehead atoms. The van der Waals surface area contributed by atoms with Crippen molar-refractivity contribution in [3.05, 3.63) is 33.8 Å². The van der Waals surface area contributed by atoms with E-state index in [0.29, 0.717) is 10.0 Å². The minimum atomic E-state index is -0.468. The SMILES string of the molecule is CC(N)C(=O)Cc1cccc(Cl)c1Cl. The highest BCUT2D eigenvalue weighted by Gasteiger charge is 2.12. The largest absolute Gasteiger partial charge is 0.322 e. The van der Waals surface area contributed by atoms with E-state index in [2.05, 4.69) is 0 Å². The van der Waals surface area contributed by atoms with Crippen molar-refractivity contribution in [2.75, 3.05) is 0 Å². The first-order valence-electron chi connectivity index (χ1n) is 4.23. The molecule has 0 amide bonds. The second-order valence-electron chi connectivity index (χ2n) is 3.14. The summed E-state index contributed by atoms with van der Waals surface area (Å²) < 4.78 is 0. The van der Waals surface area contributed by atoms with Gasteiger partial charge in [0.2, 0.25) is 0 Å². The summed E-state index contributed by atoms with van der Waals surface area (Å²) in [5, 5.41) is 0.893. The number of nitrogens with two attached hydrogens (primary N) is 1. The number of benzene rings is 1. The number of carbonyl (C=O) groups is 1. The van der Waals surface area contributed by atoms with Crippen LogP contribution in [-0.4, -0.2) is 11.8 Å². The van der Waals surface area contributed by atoms with E-state index in [1.54, 1.807) is 25.1 Å². The molecule has 0 aliphatic rings. The predicted molar refractivity (Wildman–Crippen MR) is 58.8 cm³/mol. The van der Waals surface area contributed by atoms with Crippen LogP contribution in [-0.2, 0) is 11.2 Å². The van der Waals surface area contributed by atoms with Gasteiger partial charge in [-0.3, -0.25) is 4.79 Å². The second kappa shape index (κ2) is 4.78. The Morgan fingerprint density at radius 1 is 1.50 bits per heavy atom. The Kier molecular flexibility index (Phi) is 3.93. The van der Waals surface area contributed by atoms with Crippen molar-refractivity contribution in [2.24, 2.45) is 5.73 Å². The van der Waals surface area contributed by atoms with Crippen LogP contribution in [0.15, 0.2) is 18.2 Å². The molecule has 1 unspecified atom stereocenters. The standard InChI is InChI=1S/C10H11Cl2NO/c1-6(13)9(14)5-7-3-2-4-8(11)10(7)12/h2-4,6H,5,13H2,1H3. The maximum absolute atomic E-state index is 11.3. The summed E-state index contributed by atoms with van der Waals surface area (Å²) in [5.41, 5.74) is 6.17. The van der Waals surface area contributed by atoms with Crippen LogP contribution in [0.25, 0.3) is 0 Å². The lowest BCUT2D eigenvalue weighted by molar-refractivity contribution is -0.119. The van der Waals surface area contributed by atoms with Gasteiger partial charge in [-0.1, -0.05) is 35.3 Å². The Hall–Kier alpha value is -0.570. The molecule has 76 valence electrons. The van der Waals surface area contributed by atoms with E-state index < -0.39 is 6.04 Å². The molecule has 0 spiro atoms. The van der Waals surface area contributed by atoms with E-state index in [0.717, 1.165) is 5.56 Å². The zero-order chi connectivity index (χ0) is 10.7. The van der Waals surface area contributed by atoms with Gasteiger partial charge in [0, 0.05) is 6.42 Å². The van der Waals surface area contributed by atoms with Gasteiger partial charge in [-0.25, -0.2) is 0 Å². The van der Waals surface area contributed by atoms with Crippen LogP contribution in [0.4, 0.5) is 0 Å². The van der Waals surface area contributed by atoms with Gasteiger partial charge < -0.3 is 5.73 Å². The normalized spacial score (nSPS) is 12.6. The maximum Gasteiger partial charge on any atom is 0.153 e. The maximum atomic E-state index is 11.3. The molecule has 0 radical (unpaired) electrons. The van der Waals surface area contributed by atoms with Crippen molar-refractivity contribution in [3.8, 4) is 0 Å². The van der Waals surface area contributed by atoms with Crippen molar-refractivity contribution < 1.29 is 4.79 Å². The first-order valence-corrected chi connectivity index (χ1v) is 4.99.